The van der Waals surface area contributed by atoms with Crippen LogP contribution in [0, 0.1) is 5.41 Å². The lowest BCUT2D eigenvalue weighted by atomic mass is 9.77. The molecule has 0 radical (unpaired) electrons. The average molecular weight is 395 g/mol. The SMILES string of the molecule is O=C1N(c2ccc3ccccc3c2)CCC12CCN(C1=[N+]=c3ccccc3=N1)CC2. The summed E-state index contributed by atoms with van der Waals surface area (Å²) in [5, 5.41) is 4.26. The van der Waals surface area contributed by atoms with Gasteiger partial charge in [-0.1, -0.05) is 47.5 Å². The molecule has 5 nitrogen and oxygen atoms in total. The van der Waals surface area contributed by atoms with Crippen molar-refractivity contribution < 1.29 is 4.79 Å². The first-order valence-corrected chi connectivity index (χ1v) is 10.7. The highest BCUT2D eigenvalue weighted by molar-refractivity contribution is 6.01. The van der Waals surface area contributed by atoms with Gasteiger partial charge in [-0.3, -0.25) is 4.79 Å². The molecule has 3 aromatic carbocycles. The van der Waals surface area contributed by atoms with Crippen LogP contribution < -0.4 is 20.3 Å². The minimum atomic E-state index is -0.242. The van der Waals surface area contributed by atoms with Crippen molar-refractivity contribution in [3.8, 4) is 0 Å². The Morgan fingerprint density at radius 2 is 1.57 bits per heavy atom. The van der Waals surface area contributed by atoms with Crippen molar-refractivity contribution in [2.45, 2.75) is 19.3 Å². The first-order chi connectivity index (χ1) is 14.7. The zero-order valence-corrected chi connectivity index (χ0v) is 16.8. The van der Waals surface area contributed by atoms with E-state index in [1.165, 1.54) is 10.8 Å². The molecule has 6 rings (SSSR count). The van der Waals surface area contributed by atoms with Crippen molar-refractivity contribution in [1.82, 2.24) is 9.57 Å². The number of nitrogens with zero attached hydrogens (tertiary/aromatic N) is 4. The van der Waals surface area contributed by atoms with Gasteiger partial charge in [0.15, 0.2) is 5.36 Å². The molecule has 0 bridgehead atoms. The zero-order valence-electron chi connectivity index (χ0n) is 16.8. The number of fused-ring (bicyclic) bond motifs is 2. The van der Waals surface area contributed by atoms with E-state index < -0.39 is 0 Å². The number of hydrogen-bond acceptors (Lipinski definition) is 3. The number of hydrogen-bond donors (Lipinski definition) is 0. The van der Waals surface area contributed by atoms with Gasteiger partial charge in [0.2, 0.25) is 11.3 Å². The fourth-order valence-electron chi connectivity index (χ4n) is 5.05. The monoisotopic (exact) mass is 395 g/mol. The van der Waals surface area contributed by atoms with E-state index in [2.05, 4.69) is 44.9 Å². The lowest BCUT2D eigenvalue weighted by Crippen LogP contribution is -2.46. The summed E-state index contributed by atoms with van der Waals surface area (Å²) >= 11 is 0. The predicted octanol–water partition coefficient (Wildman–Crippen LogP) is 2.03. The molecule has 30 heavy (non-hydrogen) atoms. The molecule has 2 saturated heterocycles. The minimum absolute atomic E-state index is 0.242. The average Bonchev–Trinajstić information content (AvgIpc) is 3.36. The fourth-order valence-corrected chi connectivity index (χ4v) is 5.05. The third-order valence-corrected chi connectivity index (χ3v) is 6.88. The smallest absolute Gasteiger partial charge is 0.312 e. The molecule has 5 heteroatoms. The number of guanidine groups is 1. The molecule has 0 N–H and O–H groups in total. The predicted molar refractivity (Wildman–Crippen MR) is 118 cm³/mol. The molecular formula is C25H23N4O+. The third kappa shape index (κ3) is 2.66. The molecule has 1 amide bonds. The summed E-state index contributed by atoms with van der Waals surface area (Å²) in [5.41, 5.74) is 0.775. The van der Waals surface area contributed by atoms with Crippen LogP contribution in [0.5, 0.6) is 0 Å². The molecule has 3 aliphatic heterocycles. The number of carbonyl (C=O) groups excluding carboxylic acids is 1. The molecule has 0 saturated carbocycles. The van der Waals surface area contributed by atoms with E-state index in [0.717, 1.165) is 61.3 Å². The quantitative estimate of drug-likeness (QED) is 0.592. The van der Waals surface area contributed by atoms with E-state index in [1.807, 2.05) is 41.3 Å². The van der Waals surface area contributed by atoms with E-state index in [9.17, 15) is 4.79 Å². The molecule has 0 unspecified atom stereocenters. The second-order valence-corrected chi connectivity index (χ2v) is 8.52. The van der Waals surface area contributed by atoms with Crippen LogP contribution >= 0.6 is 0 Å². The molecule has 3 aromatic rings. The number of rotatable bonds is 1. The molecular weight excluding hydrogens is 372 g/mol. The number of piperidine rings is 1. The number of benzene rings is 3. The Bertz CT molecular complexity index is 1330. The topological polar surface area (TPSA) is 50.0 Å². The maximum Gasteiger partial charge on any atom is 0.483 e. The first kappa shape index (κ1) is 17.4. The number of carbonyl (C=O) groups is 1. The van der Waals surface area contributed by atoms with Gasteiger partial charge in [0, 0.05) is 12.2 Å². The minimum Gasteiger partial charge on any atom is -0.312 e. The highest BCUT2D eigenvalue weighted by Crippen LogP contribution is 2.43. The van der Waals surface area contributed by atoms with Crippen LogP contribution in [0.25, 0.3) is 10.8 Å². The van der Waals surface area contributed by atoms with E-state index >= 15 is 0 Å². The van der Waals surface area contributed by atoms with Crippen LogP contribution in [-0.4, -0.2) is 36.4 Å². The lowest BCUT2D eigenvalue weighted by molar-refractivity contribution is -0.127. The second kappa shape index (κ2) is 6.54. The number of amides is 1. The Morgan fingerprint density at radius 3 is 2.40 bits per heavy atom. The van der Waals surface area contributed by atoms with Crippen molar-refractivity contribution >= 4 is 28.3 Å². The Hall–Kier alpha value is -3.43. The standard InChI is InChI=1S/C25H23N4O/c30-23-25(13-16-29(23)20-10-9-18-5-1-2-6-19(18)17-20)11-14-28(15-12-25)24-26-21-7-3-4-8-22(21)27-24/h1-10,17H,11-16H2/q+1. The molecule has 0 atom stereocenters. The van der Waals surface area contributed by atoms with Gasteiger partial charge in [0.05, 0.1) is 18.5 Å². The number of likely N-dealkylation sites (tertiary alicyclic amines) is 1. The highest BCUT2D eigenvalue weighted by atomic mass is 16.2. The van der Waals surface area contributed by atoms with E-state index in [0.29, 0.717) is 0 Å². The molecule has 1 spiro atoms. The van der Waals surface area contributed by atoms with Crippen LogP contribution in [0.1, 0.15) is 19.3 Å². The second-order valence-electron chi connectivity index (χ2n) is 8.52. The van der Waals surface area contributed by atoms with E-state index in [-0.39, 0.29) is 11.3 Å². The van der Waals surface area contributed by atoms with Gasteiger partial charge in [-0.25, -0.2) is 9.57 Å². The summed E-state index contributed by atoms with van der Waals surface area (Å²) in [7, 11) is 0. The van der Waals surface area contributed by atoms with Crippen LogP contribution in [0.15, 0.2) is 71.7 Å². The zero-order chi connectivity index (χ0) is 20.1. The Balaban J connectivity index is 1.22. The van der Waals surface area contributed by atoms with Crippen molar-refractivity contribution in [3.63, 3.8) is 0 Å². The van der Waals surface area contributed by atoms with E-state index in [4.69, 9.17) is 0 Å². The molecule has 148 valence electrons. The first-order valence-electron chi connectivity index (χ1n) is 10.7. The van der Waals surface area contributed by atoms with Gasteiger partial charge < -0.3 is 4.90 Å². The van der Waals surface area contributed by atoms with Crippen molar-refractivity contribution in [3.05, 3.63) is 77.4 Å². The van der Waals surface area contributed by atoms with Crippen LogP contribution in [0.2, 0.25) is 0 Å². The van der Waals surface area contributed by atoms with Crippen LogP contribution in [-0.2, 0) is 4.79 Å². The van der Waals surface area contributed by atoms with Gasteiger partial charge >= 0.3 is 5.96 Å². The summed E-state index contributed by atoms with van der Waals surface area (Å²) in [5.74, 6) is 1.08. The molecule has 3 heterocycles. The van der Waals surface area contributed by atoms with E-state index in [1.54, 1.807) is 0 Å². The molecule has 0 aliphatic carbocycles. The highest BCUT2D eigenvalue weighted by Gasteiger charge is 2.50. The number of anilines is 1. The van der Waals surface area contributed by atoms with Crippen molar-refractivity contribution in [2.75, 3.05) is 24.5 Å². The summed E-state index contributed by atoms with van der Waals surface area (Å²) in [4.78, 5) is 22.4. The van der Waals surface area contributed by atoms with Crippen molar-refractivity contribution in [2.24, 2.45) is 10.4 Å². The van der Waals surface area contributed by atoms with Gasteiger partial charge in [-0.2, -0.15) is 0 Å². The number of para-hydroxylation sites is 2. The van der Waals surface area contributed by atoms with Gasteiger partial charge in [0.1, 0.15) is 0 Å². The summed E-state index contributed by atoms with van der Waals surface area (Å²) < 4.78 is 4.68. The fraction of sp³-hybridized carbons (Fsp3) is 0.280. The molecule has 2 fully saturated rings. The molecule has 3 aliphatic rings. The lowest BCUT2D eigenvalue weighted by Gasteiger charge is -2.34. The van der Waals surface area contributed by atoms with Gasteiger partial charge in [-0.15, -0.1) is 0 Å². The normalized spacial score (nSPS) is 19.6. The summed E-state index contributed by atoms with van der Waals surface area (Å²) in [6.45, 7) is 2.45. The van der Waals surface area contributed by atoms with Crippen LogP contribution in [0.3, 0.4) is 0 Å². The summed E-state index contributed by atoms with van der Waals surface area (Å²) in [6, 6.07) is 22.6. The third-order valence-electron chi connectivity index (χ3n) is 6.88. The van der Waals surface area contributed by atoms with Gasteiger partial charge in [0.25, 0.3) is 0 Å². The Kier molecular flexibility index (Phi) is 3.80. The summed E-state index contributed by atoms with van der Waals surface area (Å²) in [6.07, 6.45) is 2.65. The molecule has 0 aromatic heterocycles. The Labute approximate surface area is 174 Å². The van der Waals surface area contributed by atoms with Crippen molar-refractivity contribution in [1.29, 1.82) is 0 Å². The maximum atomic E-state index is 13.5. The van der Waals surface area contributed by atoms with Gasteiger partial charge in [-0.05, 0) is 54.3 Å². The maximum absolute atomic E-state index is 13.5. The van der Waals surface area contributed by atoms with Crippen LogP contribution in [0.4, 0.5) is 5.69 Å². The Morgan fingerprint density at radius 1 is 0.833 bits per heavy atom. The largest absolute Gasteiger partial charge is 0.483 e.